The number of phenols is 1. The third-order valence-corrected chi connectivity index (χ3v) is 2.90. The van der Waals surface area contributed by atoms with Crippen LogP contribution in [-0.2, 0) is 6.42 Å². The van der Waals surface area contributed by atoms with Crippen LogP contribution in [0.4, 0.5) is 0 Å². The molecule has 2 aromatic carbocycles. The Labute approximate surface area is 107 Å². The Morgan fingerprint density at radius 3 is 2.28 bits per heavy atom. The summed E-state index contributed by atoms with van der Waals surface area (Å²) in [6.07, 6.45) is 2.31. The van der Waals surface area contributed by atoms with Crippen LogP contribution in [0, 0.1) is 0 Å². The fraction of sp³-hybridized carbons (Fsp3) is 0.188. The largest absolute Gasteiger partial charge is 0.508 e. The van der Waals surface area contributed by atoms with Gasteiger partial charge in [-0.2, -0.15) is 0 Å². The topological polar surface area (TPSA) is 37.3 Å². The van der Waals surface area contributed by atoms with Gasteiger partial charge >= 0.3 is 0 Å². The van der Waals surface area contributed by atoms with Crippen molar-refractivity contribution >= 4 is 5.78 Å². The van der Waals surface area contributed by atoms with E-state index in [-0.39, 0.29) is 11.5 Å². The van der Waals surface area contributed by atoms with E-state index in [1.165, 1.54) is 5.56 Å². The minimum atomic E-state index is 0.130. The molecule has 0 spiro atoms. The molecular formula is C16H16O2. The minimum Gasteiger partial charge on any atom is -0.508 e. The zero-order chi connectivity index (χ0) is 12.8. The highest BCUT2D eigenvalue weighted by atomic mass is 16.3. The van der Waals surface area contributed by atoms with Gasteiger partial charge in [-0.25, -0.2) is 0 Å². The van der Waals surface area contributed by atoms with Gasteiger partial charge in [-0.15, -0.1) is 0 Å². The van der Waals surface area contributed by atoms with Crippen LogP contribution in [0.1, 0.15) is 28.8 Å². The number of carbonyl (C=O) groups is 1. The molecule has 2 rings (SSSR count). The average molecular weight is 240 g/mol. The Kier molecular flexibility index (Phi) is 4.13. The van der Waals surface area contributed by atoms with Crippen molar-refractivity contribution in [1.29, 1.82) is 0 Å². The van der Waals surface area contributed by atoms with E-state index in [0.29, 0.717) is 12.0 Å². The van der Waals surface area contributed by atoms with Crippen LogP contribution >= 0.6 is 0 Å². The lowest BCUT2D eigenvalue weighted by molar-refractivity contribution is 0.0980. The number of phenolic OH excluding ortho intramolecular Hbond substituents is 1. The maximum Gasteiger partial charge on any atom is 0.162 e. The van der Waals surface area contributed by atoms with Crippen molar-refractivity contribution in [2.45, 2.75) is 19.3 Å². The van der Waals surface area contributed by atoms with Gasteiger partial charge in [0.2, 0.25) is 0 Å². The van der Waals surface area contributed by atoms with E-state index in [4.69, 9.17) is 5.11 Å². The molecule has 0 aliphatic heterocycles. The van der Waals surface area contributed by atoms with Crippen molar-refractivity contribution in [2.75, 3.05) is 0 Å². The summed E-state index contributed by atoms with van der Waals surface area (Å²) >= 11 is 0. The van der Waals surface area contributed by atoms with Gasteiger partial charge in [0.1, 0.15) is 5.75 Å². The first kappa shape index (κ1) is 12.4. The van der Waals surface area contributed by atoms with Crippen LogP contribution in [0.15, 0.2) is 54.6 Å². The lowest BCUT2D eigenvalue weighted by Gasteiger charge is -2.02. The number of benzene rings is 2. The molecule has 2 heteroatoms. The number of Topliss-reactive ketones (excluding diaryl/α,β-unsaturated/α-hetero) is 1. The molecule has 0 saturated heterocycles. The van der Waals surface area contributed by atoms with E-state index < -0.39 is 0 Å². The molecule has 92 valence electrons. The fourth-order valence-electron chi connectivity index (χ4n) is 1.89. The van der Waals surface area contributed by atoms with Crippen molar-refractivity contribution in [3.8, 4) is 5.75 Å². The molecule has 0 aromatic heterocycles. The molecule has 2 nitrogen and oxygen atoms in total. The zero-order valence-corrected chi connectivity index (χ0v) is 10.2. The number of rotatable bonds is 5. The summed E-state index contributed by atoms with van der Waals surface area (Å²) in [4.78, 5) is 11.9. The molecule has 0 atom stereocenters. The summed E-state index contributed by atoms with van der Waals surface area (Å²) in [6, 6.07) is 16.6. The first-order chi connectivity index (χ1) is 8.75. The Hall–Kier alpha value is -2.09. The van der Waals surface area contributed by atoms with Crippen LogP contribution in [0.2, 0.25) is 0 Å². The molecule has 0 amide bonds. The molecule has 0 fully saturated rings. The first-order valence-corrected chi connectivity index (χ1v) is 6.12. The highest BCUT2D eigenvalue weighted by molar-refractivity contribution is 5.96. The van der Waals surface area contributed by atoms with Crippen LogP contribution in [0.5, 0.6) is 5.75 Å². The van der Waals surface area contributed by atoms with Crippen LogP contribution < -0.4 is 0 Å². The van der Waals surface area contributed by atoms with Crippen molar-refractivity contribution in [3.63, 3.8) is 0 Å². The van der Waals surface area contributed by atoms with Gasteiger partial charge in [-0.3, -0.25) is 4.79 Å². The quantitative estimate of drug-likeness (QED) is 0.811. The molecule has 0 heterocycles. The average Bonchev–Trinajstić information content (AvgIpc) is 2.40. The van der Waals surface area contributed by atoms with Crippen LogP contribution in [0.3, 0.4) is 0 Å². The number of aryl methyl sites for hydroxylation is 1. The Balaban J connectivity index is 1.84. The maximum atomic E-state index is 11.9. The van der Waals surface area contributed by atoms with Crippen molar-refractivity contribution in [2.24, 2.45) is 0 Å². The molecule has 0 radical (unpaired) electrons. The summed E-state index contributed by atoms with van der Waals surface area (Å²) in [7, 11) is 0. The highest BCUT2D eigenvalue weighted by Crippen LogP contribution is 2.13. The van der Waals surface area contributed by atoms with Crippen molar-refractivity contribution < 1.29 is 9.90 Å². The standard InChI is InChI=1S/C16H16O2/c17-15-11-9-14(10-12-15)16(18)8-4-7-13-5-2-1-3-6-13/h1-3,5-6,9-12,17H,4,7-8H2. The lowest BCUT2D eigenvalue weighted by Crippen LogP contribution is -1.99. The molecule has 0 saturated carbocycles. The van der Waals surface area contributed by atoms with E-state index in [2.05, 4.69) is 12.1 Å². The fourth-order valence-corrected chi connectivity index (χ4v) is 1.89. The molecule has 0 unspecified atom stereocenters. The Bertz CT molecular complexity index is 500. The molecule has 18 heavy (non-hydrogen) atoms. The number of hydrogen-bond acceptors (Lipinski definition) is 2. The number of carbonyl (C=O) groups excluding carboxylic acids is 1. The second-order valence-corrected chi connectivity index (χ2v) is 4.31. The third-order valence-electron chi connectivity index (χ3n) is 2.90. The van der Waals surface area contributed by atoms with Gasteiger partial charge in [0.25, 0.3) is 0 Å². The Morgan fingerprint density at radius 1 is 0.944 bits per heavy atom. The van der Waals surface area contributed by atoms with Gasteiger partial charge in [0, 0.05) is 12.0 Å². The summed E-state index contributed by atoms with van der Waals surface area (Å²) < 4.78 is 0. The van der Waals surface area contributed by atoms with E-state index in [1.54, 1.807) is 24.3 Å². The normalized spacial score (nSPS) is 10.2. The maximum absolute atomic E-state index is 11.9. The second-order valence-electron chi connectivity index (χ2n) is 4.31. The van der Waals surface area contributed by atoms with E-state index in [9.17, 15) is 4.79 Å². The summed E-state index contributed by atoms with van der Waals surface area (Å²) in [5, 5.41) is 9.15. The molecular weight excluding hydrogens is 224 g/mol. The van der Waals surface area contributed by atoms with Gasteiger partial charge in [0.05, 0.1) is 0 Å². The van der Waals surface area contributed by atoms with Crippen LogP contribution in [0.25, 0.3) is 0 Å². The van der Waals surface area contributed by atoms with E-state index in [0.717, 1.165) is 12.8 Å². The van der Waals surface area contributed by atoms with Gasteiger partial charge in [0.15, 0.2) is 5.78 Å². The first-order valence-electron chi connectivity index (χ1n) is 6.12. The lowest BCUT2D eigenvalue weighted by atomic mass is 10.0. The van der Waals surface area contributed by atoms with Crippen molar-refractivity contribution in [1.82, 2.24) is 0 Å². The zero-order valence-electron chi connectivity index (χ0n) is 10.2. The molecule has 0 aliphatic rings. The monoisotopic (exact) mass is 240 g/mol. The van der Waals surface area contributed by atoms with Crippen LogP contribution in [-0.4, -0.2) is 10.9 Å². The van der Waals surface area contributed by atoms with Gasteiger partial charge in [-0.1, -0.05) is 30.3 Å². The minimum absolute atomic E-state index is 0.130. The predicted molar refractivity (Wildman–Crippen MR) is 71.8 cm³/mol. The van der Waals surface area contributed by atoms with Crippen molar-refractivity contribution in [3.05, 3.63) is 65.7 Å². The Morgan fingerprint density at radius 2 is 1.61 bits per heavy atom. The molecule has 1 N–H and O–H groups in total. The SMILES string of the molecule is O=C(CCCc1ccccc1)c1ccc(O)cc1. The summed E-state index contributed by atoms with van der Waals surface area (Å²) in [5.74, 6) is 0.321. The summed E-state index contributed by atoms with van der Waals surface area (Å²) in [5.41, 5.74) is 1.93. The third kappa shape index (κ3) is 3.45. The van der Waals surface area contributed by atoms with Gasteiger partial charge in [-0.05, 0) is 42.7 Å². The smallest absolute Gasteiger partial charge is 0.162 e. The number of ketones is 1. The molecule has 0 aliphatic carbocycles. The second kappa shape index (κ2) is 6.01. The molecule has 0 bridgehead atoms. The number of aromatic hydroxyl groups is 1. The van der Waals surface area contributed by atoms with Gasteiger partial charge < -0.3 is 5.11 Å². The molecule has 2 aromatic rings. The van der Waals surface area contributed by atoms with E-state index in [1.807, 2.05) is 18.2 Å². The highest BCUT2D eigenvalue weighted by Gasteiger charge is 2.05. The van der Waals surface area contributed by atoms with E-state index >= 15 is 0 Å². The number of hydrogen-bond donors (Lipinski definition) is 1. The predicted octanol–water partition coefficient (Wildman–Crippen LogP) is 3.60. The summed E-state index contributed by atoms with van der Waals surface area (Å²) in [6.45, 7) is 0.